The number of hydrogen-bond donors (Lipinski definition) is 0. The van der Waals surface area contributed by atoms with Crippen LogP contribution < -0.4 is 0 Å². The highest BCUT2D eigenvalue weighted by Crippen LogP contribution is 2.18. The summed E-state index contributed by atoms with van der Waals surface area (Å²) >= 11 is 0. The molecule has 2 aliphatic heterocycles. The van der Waals surface area contributed by atoms with Gasteiger partial charge >= 0.3 is 0 Å². The highest BCUT2D eigenvalue weighted by Gasteiger charge is 2.27. The minimum absolute atomic E-state index is 0.556. The first-order chi connectivity index (χ1) is 5.77. The highest BCUT2D eigenvalue weighted by atomic mass is 15.3. The predicted octanol–water partition coefficient (Wildman–Crippen LogP) is 1.16. The minimum atomic E-state index is 0.556. The van der Waals surface area contributed by atoms with E-state index in [-0.39, 0.29) is 0 Å². The van der Waals surface area contributed by atoms with Crippen molar-refractivity contribution in [2.45, 2.75) is 26.3 Å². The molecule has 0 amide bonds. The maximum absolute atomic E-state index is 4.13. The number of nitrogens with zero attached hydrogens (tertiary/aromatic N) is 3. The number of fused-ring (bicyclic) bond motifs is 1. The Morgan fingerprint density at radius 3 is 3.17 bits per heavy atom. The van der Waals surface area contributed by atoms with Gasteiger partial charge in [0.15, 0.2) is 0 Å². The van der Waals surface area contributed by atoms with Gasteiger partial charge in [-0.25, -0.2) is 0 Å². The number of hydrogen-bond acceptors (Lipinski definition) is 3. The molecule has 3 nitrogen and oxygen atoms in total. The molecule has 0 aromatic heterocycles. The van der Waals surface area contributed by atoms with Gasteiger partial charge in [-0.1, -0.05) is 0 Å². The van der Waals surface area contributed by atoms with Gasteiger partial charge in [0.25, 0.3) is 0 Å². The summed E-state index contributed by atoms with van der Waals surface area (Å²) in [5, 5.41) is 8.09. The van der Waals surface area contributed by atoms with E-state index in [0.717, 1.165) is 6.54 Å². The number of piperidine rings is 1. The molecule has 2 heterocycles. The molecule has 3 heteroatoms. The Kier molecular flexibility index (Phi) is 1.97. The molecule has 1 fully saturated rings. The van der Waals surface area contributed by atoms with Gasteiger partial charge in [-0.05, 0) is 26.8 Å². The van der Waals surface area contributed by atoms with E-state index in [2.05, 4.69) is 29.0 Å². The summed E-state index contributed by atoms with van der Waals surface area (Å²) in [6.07, 6.45) is 3.17. The Hall–Kier alpha value is -0.700. The van der Waals surface area contributed by atoms with Gasteiger partial charge in [-0.15, -0.1) is 0 Å². The van der Waals surface area contributed by atoms with E-state index < -0.39 is 0 Å². The van der Waals surface area contributed by atoms with Gasteiger partial charge in [0.1, 0.15) is 0 Å². The molecule has 1 saturated heterocycles. The molecule has 0 aromatic carbocycles. The molecule has 0 saturated carbocycles. The summed E-state index contributed by atoms with van der Waals surface area (Å²) in [7, 11) is 0. The van der Waals surface area contributed by atoms with Crippen molar-refractivity contribution in [2.24, 2.45) is 16.1 Å². The molecule has 66 valence electrons. The number of likely N-dealkylation sites (tertiary alicyclic amines) is 1. The smallest absolute Gasteiger partial charge is 0.0631 e. The zero-order chi connectivity index (χ0) is 8.55. The fraction of sp³-hybridized carbons (Fsp3) is 0.778. The van der Waals surface area contributed by atoms with E-state index >= 15 is 0 Å². The molecule has 2 rings (SSSR count). The largest absolute Gasteiger partial charge is 0.295 e. The first kappa shape index (κ1) is 7.92. The molecule has 1 atom stereocenters. The van der Waals surface area contributed by atoms with Crippen LogP contribution in [0.15, 0.2) is 10.2 Å². The van der Waals surface area contributed by atoms with Gasteiger partial charge in [-0.2, -0.15) is 10.2 Å². The van der Waals surface area contributed by atoms with Crippen LogP contribution in [0.25, 0.3) is 0 Å². The van der Waals surface area contributed by atoms with Crippen molar-refractivity contribution in [1.82, 2.24) is 4.90 Å². The van der Waals surface area contributed by atoms with E-state index in [9.17, 15) is 0 Å². The highest BCUT2D eigenvalue weighted by molar-refractivity contribution is 6.03. The molecule has 12 heavy (non-hydrogen) atoms. The molecule has 2 aliphatic rings. The van der Waals surface area contributed by atoms with Crippen LogP contribution in [0.5, 0.6) is 0 Å². The van der Waals surface area contributed by atoms with E-state index in [0.29, 0.717) is 12.0 Å². The lowest BCUT2D eigenvalue weighted by Gasteiger charge is -2.32. The summed E-state index contributed by atoms with van der Waals surface area (Å²) in [5.74, 6) is 0.556. The zero-order valence-corrected chi connectivity index (χ0v) is 7.70. The lowest BCUT2D eigenvalue weighted by atomic mass is 9.96. The Morgan fingerprint density at radius 2 is 2.42 bits per heavy atom. The van der Waals surface area contributed by atoms with Gasteiger partial charge < -0.3 is 0 Å². The fourth-order valence-corrected chi connectivity index (χ4v) is 1.77. The zero-order valence-electron chi connectivity index (χ0n) is 7.70. The van der Waals surface area contributed by atoms with Crippen molar-refractivity contribution in [3.8, 4) is 0 Å². The third-order valence-corrected chi connectivity index (χ3v) is 2.68. The van der Waals surface area contributed by atoms with Crippen LogP contribution in [-0.4, -0.2) is 36.0 Å². The second-order valence-corrected chi connectivity index (χ2v) is 3.82. The molecule has 0 N–H and O–H groups in total. The lowest BCUT2D eigenvalue weighted by molar-refractivity contribution is 0.231. The first-order valence-electron chi connectivity index (χ1n) is 4.61. The van der Waals surface area contributed by atoms with Crippen LogP contribution in [0.3, 0.4) is 0 Å². The van der Waals surface area contributed by atoms with Crippen LogP contribution in [0, 0.1) is 5.92 Å². The van der Waals surface area contributed by atoms with Crippen LogP contribution in [0.1, 0.15) is 20.3 Å². The van der Waals surface area contributed by atoms with Crippen molar-refractivity contribution >= 4 is 11.9 Å². The molecular formula is C9H15N3. The first-order valence-corrected chi connectivity index (χ1v) is 4.61. The molecular weight excluding hydrogens is 150 g/mol. The van der Waals surface area contributed by atoms with E-state index in [1.165, 1.54) is 18.7 Å². The quantitative estimate of drug-likeness (QED) is 0.573. The molecule has 1 unspecified atom stereocenters. The summed E-state index contributed by atoms with van der Waals surface area (Å²) in [6, 6.07) is 0.634. The maximum atomic E-state index is 4.13. The molecule has 0 aromatic rings. The van der Waals surface area contributed by atoms with Crippen LogP contribution in [-0.2, 0) is 0 Å². The molecule has 0 aliphatic carbocycles. The van der Waals surface area contributed by atoms with Crippen molar-refractivity contribution in [3.63, 3.8) is 0 Å². The minimum Gasteiger partial charge on any atom is -0.295 e. The molecule has 0 bridgehead atoms. The van der Waals surface area contributed by atoms with Crippen molar-refractivity contribution in [1.29, 1.82) is 0 Å². The molecule has 0 radical (unpaired) electrons. The Balaban J connectivity index is 2.03. The lowest BCUT2D eigenvalue weighted by Crippen LogP contribution is -2.43. The third kappa shape index (κ3) is 1.29. The Bertz CT molecular complexity index is 230. The Morgan fingerprint density at radius 1 is 1.58 bits per heavy atom. The second-order valence-electron chi connectivity index (χ2n) is 3.82. The summed E-state index contributed by atoms with van der Waals surface area (Å²) in [4.78, 5) is 2.45. The van der Waals surface area contributed by atoms with Crippen molar-refractivity contribution in [3.05, 3.63) is 0 Å². The second kappa shape index (κ2) is 2.98. The predicted molar refractivity (Wildman–Crippen MR) is 50.7 cm³/mol. The normalized spacial score (nSPS) is 29.2. The van der Waals surface area contributed by atoms with Crippen LogP contribution >= 0.6 is 0 Å². The maximum Gasteiger partial charge on any atom is 0.0631 e. The van der Waals surface area contributed by atoms with Crippen molar-refractivity contribution in [2.75, 3.05) is 13.1 Å². The van der Waals surface area contributed by atoms with Crippen LogP contribution in [0.2, 0.25) is 0 Å². The average Bonchev–Trinajstić information content (AvgIpc) is 2.49. The van der Waals surface area contributed by atoms with E-state index in [1.54, 1.807) is 0 Å². The number of rotatable bonds is 1. The van der Waals surface area contributed by atoms with Crippen LogP contribution in [0.4, 0.5) is 0 Å². The SMILES string of the molecule is CC(C)N1CCC2C=NN=C2C1. The molecule has 0 spiro atoms. The van der Waals surface area contributed by atoms with E-state index in [4.69, 9.17) is 0 Å². The fourth-order valence-electron chi connectivity index (χ4n) is 1.77. The standard InChI is InChI=1S/C9H15N3/c1-7(2)12-4-3-8-5-10-11-9(8)6-12/h5,7-8H,3-4,6H2,1-2H3. The van der Waals surface area contributed by atoms with E-state index in [1.807, 2.05) is 6.21 Å². The summed E-state index contributed by atoms with van der Waals surface area (Å²) in [6.45, 7) is 6.67. The third-order valence-electron chi connectivity index (χ3n) is 2.68. The van der Waals surface area contributed by atoms with Crippen molar-refractivity contribution < 1.29 is 0 Å². The average molecular weight is 165 g/mol. The Labute approximate surface area is 73.2 Å². The summed E-state index contributed by atoms with van der Waals surface area (Å²) < 4.78 is 0. The monoisotopic (exact) mass is 165 g/mol. The van der Waals surface area contributed by atoms with Gasteiger partial charge in [-0.3, -0.25) is 4.90 Å². The topological polar surface area (TPSA) is 28.0 Å². The van der Waals surface area contributed by atoms with Gasteiger partial charge in [0, 0.05) is 24.7 Å². The van der Waals surface area contributed by atoms with Gasteiger partial charge in [0.2, 0.25) is 0 Å². The summed E-state index contributed by atoms with van der Waals surface area (Å²) in [5.41, 5.74) is 1.26. The van der Waals surface area contributed by atoms with Gasteiger partial charge in [0.05, 0.1) is 5.71 Å².